The lowest BCUT2D eigenvalue weighted by molar-refractivity contribution is 0.191. The van der Waals surface area contributed by atoms with E-state index in [-0.39, 0.29) is 24.0 Å². The summed E-state index contributed by atoms with van der Waals surface area (Å²) in [7, 11) is 3.67. The maximum absolute atomic E-state index is 5.24. The van der Waals surface area contributed by atoms with Gasteiger partial charge in [0.1, 0.15) is 18.1 Å². The maximum atomic E-state index is 5.24. The van der Waals surface area contributed by atoms with Crippen LogP contribution in [0, 0.1) is 12.8 Å². The van der Waals surface area contributed by atoms with Gasteiger partial charge in [-0.1, -0.05) is 19.1 Å². The van der Waals surface area contributed by atoms with Crippen molar-refractivity contribution in [3.63, 3.8) is 0 Å². The van der Waals surface area contributed by atoms with Crippen LogP contribution in [0.1, 0.15) is 43.4 Å². The van der Waals surface area contributed by atoms with Crippen molar-refractivity contribution in [2.75, 3.05) is 39.8 Å². The van der Waals surface area contributed by atoms with Gasteiger partial charge < -0.3 is 24.8 Å². The van der Waals surface area contributed by atoms with Gasteiger partial charge in [0.25, 0.3) is 0 Å². The van der Waals surface area contributed by atoms with Gasteiger partial charge in [0.15, 0.2) is 11.8 Å². The fourth-order valence-corrected chi connectivity index (χ4v) is 3.83. The number of methoxy groups -OCH3 is 1. The zero-order chi connectivity index (χ0) is 22.8. The average Bonchev–Trinajstić information content (AvgIpc) is 3.13. The van der Waals surface area contributed by atoms with E-state index in [0.717, 1.165) is 61.8 Å². The molecule has 1 aliphatic heterocycles. The lowest BCUT2D eigenvalue weighted by Gasteiger charge is -2.30. The van der Waals surface area contributed by atoms with Gasteiger partial charge in [-0.3, -0.25) is 0 Å². The van der Waals surface area contributed by atoms with E-state index in [0.29, 0.717) is 6.54 Å². The lowest BCUT2D eigenvalue weighted by atomic mass is 9.99. The third kappa shape index (κ3) is 9.11. The summed E-state index contributed by atoms with van der Waals surface area (Å²) in [6.45, 7) is 10.1. The van der Waals surface area contributed by atoms with Crippen LogP contribution in [0.2, 0.25) is 0 Å². The number of aromatic nitrogens is 3. The average molecular weight is 570 g/mol. The Labute approximate surface area is 215 Å². The van der Waals surface area contributed by atoms with Gasteiger partial charge in [0.2, 0.25) is 0 Å². The number of halogens is 1. The first-order valence-corrected chi connectivity index (χ1v) is 11.8. The van der Waals surface area contributed by atoms with Crippen molar-refractivity contribution in [1.82, 2.24) is 30.3 Å². The highest BCUT2D eigenvalue weighted by atomic mass is 127. The van der Waals surface area contributed by atoms with Crippen LogP contribution in [0.5, 0.6) is 5.75 Å². The van der Waals surface area contributed by atoms with Gasteiger partial charge in [-0.2, -0.15) is 0 Å². The standard InChI is InChI=1S/C24H39N7O.HI/c1-19-11-16-31(17-12-19)15-5-13-25-24(27-18-23-29-28-20(2)30(23)3)26-14-10-21-6-8-22(32-4)9-7-21;/h6-9,19H,5,10-18H2,1-4H3,(H2,25,26,27);1H. The van der Waals surface area contributed by atoms with Crippen molar-refractivity contribution >= 4 is 29.9 Å². The number of benzene rings is 1. The van der Waals surface area contributed by atoms with Gasteiger partial charge >= 0.3 is 0 Å². The highest BCUT2D eigenvalue weighted by Gasteiger charge is 2.14. The molecule has 2 aromatic rings. The van der Waals surface area contributed by atoms with E-state index >= 15 is 0 Å². The summed E-state index contributed by atoms with van der Waals surface area (Å²) in [6.07, 6.45) is 4.67. The molecule has 0 unspecified atom stereocenters. The number of likely N-dealkylation sites (tertiary alicyclic amines) is 1. The highest BCUT2D eigenvalue weighted by molar-refractivity contribution is 14.0. The molecule has 9 heteroatoms. The number of ether oxygens (including phenoxy) is 1. The minimum absolute atomic E-state index is 0. The number of aryl methyl sites for hydroxylation is 1. The molecule has 0 radical (unpaired) electrons. The highest BCUT2D eigenvalue weighted by Crippen LogP contribution is 2.15. The van der Waals surface area contributed by atoms with Crippen LogP contribution in [0.4, 0.5) is 0 Å². The van der Waals surface area contributed by atoms with Gasteiger partial charge in [0, 0.05) is 20.1 Å². The van der Waals surface area contributed by atoms with Crippen LogP contribution in [0.15, 0.2) is 29.3 Å². The van der Waals surface area contributed by atoms with Crippen LogP contribution >= 0.6 is 24.0 Å². The molecule has 1 aromatic heterocycles. The normalized spacial score (nSPS) is 15.2. The summed E-state index contributed by atoms with van der Waals surface area (Å²) in [5, 5.41) is 15.3. The van der Waals surface area contributed by atoms with Crippen molar-refractivity contribution in [1.29, 1.82) is 0 Å². The van der Waals surface area contributed by atoms with Crippen LogP contribution in [0.3, 0.4) is 0 Å². The molecule has 1 aromatic carbocycles. The van der Waals surface area contributed by atoms with E-state index in [1.54, 1.807) is 7.11 Å². The summed E-state index contributed by atoms with van der Waals surface area (Å²) in [5.74, 6) is 4.34. The van der Waals surface area contributed by atoms with Gasteiger partial charge in [-0.15, -0.1) is 34.2 Å². The molecule has 1 saturated heterocycles. The quantitative estimate of drug-likeness (QED) is 0.198. The van der Waals surface area contributed by atoms with Crippen molar-refractivity contribution < 1.29 is 4.74 Å². The molecule has 0 aliphatic carbocycles. The van der Waals surface area contributed by atoms with Gasteiger partial charge in [-0.25, -0.2) is 4.99 Å². The van der Waals surface area contributed by atoms with E-state index in [2.05, 4.69) is 44.8 Å². The lowest BCUT2D eigenvalue weighted by Crippen LogP contribution is -2.40. The number of nitrogens with zero attached hydrogens (tertiary/aromatic N) is 5. The topological polar surface area (TPSA) is 79.6 Å². The fourth-order valence-electron chi connectivity index (χ4n) is 3.83. The Kier molecular flexibility index (Phi) is 11.9. The first-order valence-electron chi connectivity index (χ1n) is 11.8. The molecule has 8 nitrogen and oxygen atoms in total. The van der Waals surface area contributed by atoms with Crippen LogP contribution in [0.25, 0.3) is 0 Å². The molecular weight excluding hydrogens is 529 g/mol. The Morgan fingerprint density at radius 1 is 1.12 bits per heavy atom. The molecule has 1 fully saturated rings. The van der Waals surface area contributed by atoms with E-state index < -0.39 is 0 Å². The Balaban J connectivity index is 0.00000385. The number of rotatable bonds is 10. The first kappa shape index (κ1) is 27.4. The van der Waals surface area contributed by atoms with E-state index in [1.165, 1.54) is 31.5 Å². The largest absolute Gasteiger partial charge is 0.497 e. The minimum atomic E-state index is 0. The van der Waals surface area contributed by atoms with E-state index in [1.807, 2.05) is 30.7 Å². The fraction of sp³-hybridized carbons (Fsp3) is 0.625. The predicted octanol–water partition coefficient (Wildman–Crippen LogP) is 3.15. The van der Waals surface area contributed by atoms with Crippen LogP contribution in [-0.4, -0.2) is 65.5 Å². The number of aliphatic imine (C=N–C) groups is 1. The molecule has 184 valence electrons. The second-order valence-corrected chi connectivity index (χ2v) is 8.72. The summed E-state index contributed by atoms with van der Waals surface area (Å²) in [5.41, 5.74) is 1.26. The monoisotopic (exact) mass is 569 g/mol. The molecule has 1 aliphatic rings. The Morgan fingerprint density at radius 3 is 2.45 bits per heavy atom. The molecule has 33 heavy (non-hydrogen) atoms. The molecule has 0 saturated carbocycles. The number of nitrogens with one attached hydrogen (secondary N) is 2. The predicted molar refractivity (Wildman–Crippen MR) is 144 cm³/mol. The molecule has 0 spiro atoms. The maximum Gasteiger partial charge on any atom is 0.191 e. The number of hydrogen-bond acceptors (Lipinski definition) is 5. The smallest absolute Gasteiger partial charge is 0.191 e. The zero-order valence-electron chi connectivity index (χ0n) is 20.5. The summed E-state index contributed by atoms with van der Waals surface area (Å²) in [6, 6.07) is 8.21. The molecule has 2 heterocycles. The summed E-state index contributed by atoms with van der Waals surface area (Å²) < 4.78 is 7.22. The minimum Gasteiger partial charge on any atom is -0.497 e. The SMILES string of the molecule is COc1ccc(CCNC(=NCc2nnc(C)n2C)NCCCN2CCC(C)CC2)cc1.I. The Morgan fingerprint density at radius 2 is 1.82 bits per heavy atom. The van der Waals surface area contributed by atoms with Crippen LogP contribution < -0.4 is 15.4 Å². The second-order valence-electron chi connectivity index (χ2n) is 8.72. The third-order valence-corrected chi connectivity index (χ3v) is 6.25. The third-order valence-electron chi connectivity index (χ3n) is 6.25. The first-order chi connectivity index (χ1) is 15.5. The number of piperidine rings is 1. The number of guanidine groups is 1. The molecule has 3 rings (SSSR count). The van der Waals surface area contributed by atoms with E-state index in [9.17, 15) is 0 Å². The Hall–Kier alpha value is -1.88. The second kappa shape index (κ2) is 14.4. The van der Waals surface area contributed by atoms with Crippen LogP contribution in [-0.2, 0) is 20.0 Å². The van der Waals surface area contributed by atoms with E-state index in [4.69, 9.17) is 9.73 Å². The van der Waals surface area contributed by atoms with Crippen molar-refractivity contribution in [2.24, 2.45) is 18.0 Å². The van der Waals surface area contributed by atoms with Gasteiger partial charge in [-0.05, 0) is 75.9 Å². The van der Waals surface area contributed by atoms with Crippen molar-refractivity contribution in [2.45, 2.75) is 46.1 Å². The molecule has 2 N–H and O–H groups in total. The molecular formula is C24H40IN7O. The number of hydrogen-bond donors (Lipinski definition) is 2. The molecule has 0 bridgehead atoms. The zero-order valence-corrected chi connectivity index (χ0v) is 22.8. The van der Waals surface area contributed by atoms with Crippen molar-refractivity contribution in [3.8, 4) is 5.75 Å². The molecule has 0 amide bonds. The Bertz CT molecular complexity index is 845. The van der Waals surface area contributed by atoms with Crippen molar-refractivity contribution in [3.05, 3.63) is 41.5 Å². The summed E-state index contributed by atoms with van der Waals surface area (Å²) >= 11 is 0. The van der Waals surface area contributed by atoms with Gasteiger partial charge in [0.05, 0.1) is 7.11 Å². The molecule has 0 atom stereocenters. The summed E-state index contributed by atoms with van der Waals surface area (Å²) in [4.78, 5) is 7.34.